The third-order valence-electron chi connectivity index (χ3n) is 1.94. The maximum atomic E-state index is 10.6. The summed E-state index contributed by atoms with van der Waals surface area (Å²) in [5.41, 5.74) is 2.37. The maximum absolute atomic E-state index is 10.6. The van der Waals surface area contributed by atoms with Crippen LogP contribution in [0.25, 0.3) is 0 Å². The Morgan fingerprint density at radius 3 is 2.33 bits per heavy atom. The molecule has 0 unspecified atom stereocenters. The zero-order valence-electron chi connectivity index (χ0n) is 8.48. The number of halogens is 1. The van der Waals surface area contributed by atoms with E-state index in [1.165, 1.54) is 5.56 Å². The van der Waals surface area contributed by atoms with Crippen LogP contribution >= 0.6 is 10.7 Å². The average molecular weight is 245 g/mol. The van der Waals surface area contributed by atoms with E-state index >= 15 is 0 Å². The summed E-state index contributed by atoms with van der Waals surface area (Å²) in [6.45, 7) is 2.03. The van der Waals surface area contributed by atoms with Gasteiger partial charge in [-0.3, -0.25) is 0 Å². The van der Waals surface area contributed by atoms with Gasteiger partial charge in [-0.2, -0.15) is 0 Å². The third-order valence-corrected chi connectivity index (χ3v) is 2.90. The standard InChI is InChI=1S/C11H13ClO2S/c1-10-5-7-11(8-6-10)4-2-3-9-15(12,13)14/h2-3,5-8H,4,9H2,1H3/b3-2-. The fourth-order valence-electron chi connectivity index (χ4n) is 1.13. The van der Waals surface area contributed by atoms with E-state index in [4.69, 9.17) is 10.7 Å². The quantitative estimate of drug-likeness (QED) is 0.603. The van der Waals surface area contributed by atoms with Crippen LogP contribution in [0.3, 0.4) is 0 Å². The maximum Gasteiger partial charge on any atom is 0.236 e. The second-order valence-corrected chi connectivity index (χ2v) is 6.19. The smallest absolute Gasteiger partial charge is 0.212 e. The monoisotopic (exact) mass is 244 g/mol. The summed E-state index contributed by atoms with van der Waals surface area (Å²) in [5.74, 6) is -0.111. The SMILES string of the molecule is Cc1ccc(C/C=C\CS(=O)(=O)Cl)cc1. The number of benzene rings is 1. The van der Waals surface area contributed by atoms with Gasteiger partial charge < -0.3 is 0 Å². The first-order valence-corrected chi connectivity index (χ1v) is 7.08. The van der Waals surface area contributed by atoms with Gasteiger partial charge in [-0.15, -0.1) is 0 Å². The summed E-state index contributed by atoms with van der Waals surface area (Å²) in [7, 11) is 1.66. The van der Waals surface area contributed by atoms with Gasteiger partial charge in [0, 0.05) is 10.7 Å². The molecule has 0 atom stereocenters. The topological polar surface area (TPSA) is 34.1 Å². The Morgan fingerprint density at radius 1 is 1.20 bits per heavy atom. The molecule has 1 rings (SSSR count). The molecule has 0 fully saturated rings. The molecule has 0 aromatic heterocycles. The van der Waals surface area contributed by atoms with E-state index in [0.29, 0.717) is 0 Å². The normalized spacial score (nSPS) is 12.1. The van der Waals surface area contributed by atoms with Crippen molar-refractivity contribution in [1.29, 1.82) is 0 Å². The molecular formula is C11H13ClO2S. The molecular weight excluding hydrogens is 232 g/mol. The molecule has 82 valence electrons. The molecule has 0 heterocycles. The van der Waals surface area contributed by atoms with Crippen molar-refractivity contribution in [1.82, 2.24) is 0 Å². The first kappa shape index (κ1) is 12.3. The fourth-order valence-corrected chi connectivity index (χ4v) is 1.71. The minimum absolute atomic E-state index is 0.111. The summed E-state index contributed by atoms with van der Waals surface area (Å²) in [5, 5.41) is 0. The van der Waals surface area contributed by atoms with Crippen LogP contribution in [0, 0.1) is 6.92 Å². The number of hydrogen-bond donors (Lipinski definition) is 0. The van der Waals surface area contributed by atoms with Crippen LogP contribution < -0.4 is 0 Å². The third kappa shape index (κ3) is 5.60. The summed E-state index contributed by atoms with van der Waals surface area (Å²) >= 11 is 0. The second-order valence-electron chi connectivity index (χ2n) is 3.37. The Balaban J connectivity index is 2.47. The molecule has 0 aliphatic heterocycles. The largest absolute Gasteiger partial charge is 0.236 e. The van der Waals surface area contributed by atoms with Gasteiger partial charge in [-0.1, -0.05) is 42.0 Å². The first-order chi connectivity index (χ1) is 6.97. The van der Waals surface area contributed by atoms with Crippen molar-refractivity contribution < 1.29 is 8.42 Å². The van der Waals surface area contributed by atoms with Gasteiger partial charge in [0.05, 0.1) is 5.75 Å². The summed E-state index contributed by atoms with van der Waals surface area (Å²) in [4.78, 5) is 0. The number of rotatable bonds is 4. The van der Waals surface area contributed by atoms with Crippen LogP contribution in [0.4, 0.5) is 0 Å². The van der Waals surface area contributed by atoms with Crippen molar-refractivity contribution in [2.24, 2.45) is 0 Å². The van der Waals surface area contributed by atoms with E-state index in [1.807, 2.05) is 37.3 Å². The number of aryl methyl sites for hydroxylation is 1. The average Bonchev–Trinajstić information content (AvgIpc) is 2.14. The minimum atomic E-state index is -3.40. The molecule has 1 aromatic carbocycles. The molecule has 0 radical (unpaired) electrons. The summed E-state index contributed by atoms with van der Waals surface area (Å²) < 4.78 is 21.2. The summed E-state index contributed by atoms with van der Waals surface area (Å²) in [6, 6.07) is 8.10. The van der Waals surface area contributed by atoms with Gasteiger partial charge in [-0.05, 0) is 18.9 Å². The highest BCUT2D eigenvalue weighted by molar-refractivity contribution is 8.13. The van der Waals surface area contributed by atoms with E-state index < -0.39 is 9.05 Å². The Bertz CT molecular complexity index is 432. The van der Waals surface area contributed by atoms with Crippen molar-refractivity contribution in [2.45, 2.75) is 13.3 Å². The van der Waals surface area contributed by atoms with Gasteiger partial charge in [0.15, 0.2) is 0 Å². The molecule has 0 spiro atoms. The molecule has 2 nitrogen and oxygen atoms in total. The molecule has 0 saturated carbocycles. The molecule has 0 saturated heterocycles. The lowest BCUT2D eigenvalue weighted by atomic mass is 10.1. The van der Waals surface area contributed by atoms with E-state index in [2.05, 4.69) is 0 Å². The predicted octanol–water partition coefficient (Wildman–Crippen LogP) is 2.66. The molecule has 4 heteroatoms. The van der Waals surface area contributed by atoms with E-state index in [1.54, 1.807) is 6.08 Å². The predicted molar refractivity (Wildman–Crippen MR) is 63.7 cm³/mol. The van der Waals surface area contributed by atoms with Crippen LogP contribution in [-0.4, -0.2) is 14.2 Å². The molecule has 0 amide bonds. The van der Waals surface area contributed by atoms with Crippen molar-refractivity contribution in [3.63, 3.8) is 0 Å². The first-order valence-electron chi connectivity index (χ1n) is 4.60. The molecule has 1 aromatic rings. The Morgan fingerprint density at radius 2 is 1.80 bits per heavy atom. The van der Waals surface area contributed by atoms with Gasteiger partial charge in [0.2, 0.25) is 9.05 Å². The number of allylic oxidation sites excluding steroid dienone is 1. The Labute approximate surface area is 95.0 Å². The lowest BCUT2D eigenvalue weighted by Gasteiger charge is -1.96. The highest BCUT2D eigenvalue weighted by atomic mass is 35.7. The van der Waals surface area contributed by atoms with Gasteiger partial charge in [-0.25, -0.2) is 8.42 Å². The van der Waals surface area contributed by atoms with Crippen molar-refractivity contribution in [3.05, 3.63) is 47.5 Å². The highest BCUT2D eigenvalue weighted by Gasteiger charge is 1.99. The van der Waals surface area contributed by atoms with Gasteiger partial charge in [0.1, 0.15) is 0 Å². The summed E-state index contributed by atoms with van der Waals surface area (Å²) in [6.07, 6.45) is 4.11. The van der Waals surface area contributed by atoms with Gasteiger partial charge >= 0.3 is 0 Å². The molecule has 0 bridgehead atoms. The lowest BCUT2D eigenvalue weighted by molar-refractivity contribution is 0.612. The lowest BCUT2D eigenvalue weighted by Crippen LogP contribution is -1.92. The fraction of sp³-hybridized carbons (Fsp3) is 0.273. The molecule has 0 N–H and O–H groups in total. The molecule has 0 aliphatic carbocycles. The van der Waals surface area contributed by atoms with E-state index in [0.717, 1.165) is 12.0 Å². The van der Waals surface area contributed by atoms with Gasteiger partial charge in [0.25, 0.3) is 0 Å². The van der Waals surface area contributed by atoms with Crippen LogP contribution in [0.15, 0.2) is 36.4 Å². The number of hydrogen-bond acceptors (Lipinski definition) is 2. The minimum Gasteiger partial charge on any atom is -0.212 e. The zero-order chi connectivity index (χ0) is 11.3. The second kappa shape index (κ2) is 5.33. The van der Waals surface area contributed by atoms with Crippen LogP contribution in [0.5, 0.6) is 0 Å². The Hall–Kier alpha value is -0.800. The highest BCUT2D eigenvalue weighted by Crippen LogP contribution is 2.04. The molecule has 15 heavy (non-hydrogen) atoms. The Kier molecular flexibility index (Phi) is 4.36. The van der Waals surface area contributed by atoms with E-state index in [-0.39, 0.29) is 5.75 Å². The van der Waals surface area contributed by atoms with Crippen molar-refractivity contribution in [2.75, 3.05) is 5.75 Å². The van der Waals surface area contributed by atoms with Crippen LogP contribution in [0.2, 0.25) is 0 Å². The van der Waals surface area contributed by atoms with Crippen molar-refractivity contribution in [3.8, 4) is 0 Å². The van der Waals surface area contributed by atoms with Crippen LogP contribution in [0.1, 0.15) is 11.1 Å². The van der Waals surface area contributed by atoms with E-state index in [9.17, 15) is 8.42 Å². The zero-order valence-corrected chi connectivity index (χ0v) is 10.1. The van der Waals surface area contributed by atoms with Crippen LogP contribution in [-0.2, 0) is 15.5 Å². The van der Waals surface area contributed by atoms with Crippen molar-refractivity contribution >= 4 is 19.7 Å². The molecule has 0 aliphatic rings.